The largest absolute Gasteiger partial charge is 0.295 e. The van der Waals surface area contributed by atoms with Crippen LogP contribution in [0.15, 0.2) is 0 Å². The molecule has 0 radical (unpaired) electrons. The van der Waals surface area contributed by atoms with Crippen LogP contribution < -0.4 is 10.6 Å². The summed E-state index contributed by atoms with van der Waals surface area (Å²) in [6, 6.07) is 0. The first-order valence-corrected chi connectivity index (χ1v) is 3.79. The van der Waals surface area contributed by atoms with Gasteiger partial charge in [0.05, 0.1) is 0 Å². The Morgan fingerprint density at radius 2 is 1.08 bits per heavy atom. The Hall–Kier alpha value is -1.72. The molecule has 2 fully saturated rings. The lowest BCUT2D eigenvalue weighted by molar-refractivity contribution is -0.153. The molecule has 0 spiro atoms. The third-order valence-corrected chi connectivity index (χ3v) is 2.23. The maximum atomic E-state index is 11.0. The predicted molar refractivity (Wildman–Crippen MR) is 37.9 cm³/mol. The fraction of sp³-hybridized carbons (Fsp3) is 0.429. The van der Waals surface area contributed by atoms with E-state index in [4.69, 9.17) is 0 Å². The maximum absolute atomic E-state index is 11.0. The number of imide groups is 2. The van der Waals surface area contributed by atoms with Crippen molar-refractivity contribution in [1.82, 2.24) is 10.6 Å². The fourth-order valence-electron chi connectivity index (χ4n) is 1.49. The van der Waals surface area contributed by atoms with Crippen molar-refractivity contribution in [3.05, 3.63) is 0 Å². The number of rotatable bonds is 0. The van der Waals surface area contributed by atoms with E-state index in [0.717, 1.165) is 0 Å². The van der Waals surface area contributed by atoms with E-state index < -0.39 is 35.5 Å². The standard InChI is InChI=1S/C7H6N2O4/c10-4-2-1-3(6(12)8-4)7(13)9-5(2)11/h2-3H,1H2,(H,8,10,12)(H,9,11,13). The molecule has 2 saturated heterocycles. The first-order chi connectivity index (χ1) is 6.09. The highest BCUT2D eigenvalue weighted by Gasteiger charge is 2.46. The normalized spacial score (nSPS) is 32.6. The highest BCUT2D eigenvalue weighted by Crippen LogP contribution is 2.22. The van der Waals surface area contributed by atoms with E-state index in [1.54, 1.807) is 0 Å². The highest BCUT2D eigenvalue weighted by atomic mass is 16.2. The topological polar surface area (TPSA) is 92.3 Å². The van der Waals surface area contributed by atoms with Crippen LogP contribution >= 0.6 is 0 Å². The van der Waals surface area contributed by atoms with E-state index in [1.807, 2.05) is 10.6 Å². The van der Waals surface area contributed by atoms with Crippen molar-refractivity contribution in [2.24, 2.45) is 11.8 Å². The average Bonchev–Trinajstić information content (AvgIpc) is 2.02. The van der Waals surface area contributed by atoms with Gasteiger partial charge in [-0.2, -0.15) is 0 Å². The zero-order chi connectivity index (χ0) is 9.59. The van der Waals surface area contributed by atoms with E-state index >= 15 is 0 Å². The van der Waals surface area contributed by atoms with Crippen molar-refractivity contribution in [3.63, 3.8) is 0 Å². The molecule has 4 amide bonds. The Morgan fingerprint density at radius 3 is 1.38 bits per heavy atom. The van der Waals surface area contributed by atoms with Crippen molar-refractivity contribution >= 4 is 23.6 Å². The van der Waals surface area contributed by atoms with Gasteiger partial charge in [-0.3, -0.25) is 29.8 Å². The minimum Gasteiger partial charge on any atom is -0.295 e. The van der Waals surface area contributed by atoms with Crippen molar-refractivity contribution < 1.29 is 19.2 Å². The van der Waals surface area contributed by atoms with Crippen LogP contribution in [0.2, 0.25) is 0 Å². The molecule has 2 bridgehead atoms. The third kappa shape index (κ3) is 1.02. The van der Waals surface area contributed by atoms with Gasteiger partial charge in [-0.05, 0) is 6.42 Å². The molecule has 68 valence electrons. The second kappa shape index (κ2) is 2.38. The molecule has 0 saturated carbocycles. The SMILES string of the molecule is O=C1NC(=O)C2CC1C(=O)NC2=O. The molecule has 0 aromatic carbocycles. The van der Waals surface area contributed by atoms with Gasteiger partial charge in [0.1, 0.15) is 11.8 Å². The number of hydrogen-bond donors (Lipinski definition) is 2. The maximum Gasteiger partial charge on any atom is 0.239 e. The molecule has 2 aliphatic rings. The average molecular weight is 182 g/mol. The molecule has 6 heteroatoms. The lowest BCUT2D eigenvalue weighted by Crippen LogP contribution is -2.60. The molecule has 2 N–H and O–H groups in total. The molecular weight excluding hydrogens is 176 g/mol. The Bertz CT molecular complexity index is 275. The van der Waals surface area contributed by atoms with Gasteiger partial charge in [0.2, 0.25) is 23.6 Å². The Balaban J connectivity index is 2.34. The van der Waals surface area contributed by atoms with Crippen LogP contribution in [0.3, 0.4) is 0 Å². The van der Waals surface area contributed by atoms with Gasteiger partial charge in [-0.15, -0.1) is 0 Å². The van der Waals surface area contributed by atoms with E-state index in [9.17, 15) is 19.2 Å². The molecule has 2 aliphatic heterocycles. The smallest absolute Gasteiger partial charge is 0.239 e. The summed E-state index contributed by atoms with van der Waals surface area (Å²) >= 11 is 0. The fourth-order valence-corrected chi connectivity index (χ4v) is 1.49. The van der Waals surface area contributed by atoms with Crippen LogP contribution in [0.5, 0.6) is 0 Å². The zero-order valence-electron chi connectivity index (χ0n) is 6.49. The Morgan fingerprint density at radius 1 is 0.769 bits per heavy atom. The summed E-state index contributed by atoms with van der Waals surface area (Å²) < 4.78 is 0. The van der Waals surface area contributed by atoms with Crippen LogP contribution in [-0.2, 0) is 19.2 Å². The summed E-state index contributed by atoms with van der Waals surface area (Å²) in [5.41, 5.74) is 0. The van der Waals surface area contributed by atoms with Crippen LogP contribution in [0.1, 0.15) is 6.42 Å². The molecule has 6 nitrogen and oxygen atoms in total. The van der Waals surface area contributed by atoms with Gasteiger partial charge in [-0.1, -0.05) is 0 Å². The molecule has 0 aromatic rings. The second-order valence-corrected chi connectivity index (χ2v) is 3.05. The first kappa shape index (κ1) is 7.90. The number of carbonyl (C=O) groups excluding carboxylic acids is 4. The van der Waals surface area contributed by atoms with E-state index in [2.05, 4.69) is 0 Å². The highest BCUT2D eigenvalue weighted by molar-refractivity contribution is 6.21. The lowest BCUT2D eigenvalue weighted by atomic mass is 9.84. The molecular formula is C7H6N2O4. The summed E-state index contributed by atoms with van der Waals surface area (Å²) in [4.78, 5) is 44.1. The van der Waals surface area contributed by atoms with Crippen LogP contribution in [-0.4, -0.2) is 23.6 Å². The van der Waals surface area contributed by atoms with Gasteiger partial charge in [0, 0.05) is 0 Å². The van der Waals surface area contributed by atoms with Crippen molar-refractivity contribution in [2.45, 2.75) is 6.42 Å². The number of amides is 4. The Labute approximate surface area is 72.7 Å². The van der Waals surface area contributed by atoms with E-state index in [0.29, 0.717) is 0 Å². The summed E-state index contributed by atoms with van der Waals surface area (Å²) in [5.74, 6) is -4.25. The molecule has 13 heavy (non-hydrogen) atoms. The number of nitrogens with one attached hydrogen (secondary N) is 2. The van der Waals surface area contributed by atoms with E-state index in [1.165, 1.54) is 0 Å². The van der Waals surface area contributed by atoms with Gasteiger partial charge >= 0.3 is 0 Å². The van der Waals surface area contributed by atoms with Crippen molar-refractivity contribution in [1.29, 1.82) is 0 Å². The van der Waals surface area contributed by atoms with Gasteiger partial charge < -0.3 is 0 Å². The lowest BCUT2D eigenvalue weighted by Gasteiger charge is -2.30. The molecule has 0 atom stereocenters. The van der Waals surface area contributed by atoms with E-state index in [-0.39, 0.29) is 6.42 Å². The molecule has 0 aromatic heterocycles. The molecule has 2 rings (SSSR count). The van der Waals surface area contributed by atoms with Crippen LogP contribution in [0.4, 0.5) is 0 Å². The number of carbonyl (C=O) groups is 4. The number of piperidine rings is 2. The summed E-state index contributed by atoms with van der Waals surface area (Å²) in [6.45, 7) is 0. The monoisotopic (exact) mass is 182 g/mol. The van der Waals surface area contributed by atoms with Crippen LogP contribution in [0, 0.1) is 11.8 Å². The molecule has 2 heterocycles. The van der Waals surface area contributed by atoms with Gasteiger partial charge in [-0.25, -0.2) is 0 Å². The van der Waals surface area contributed by atoms with Gasteiger partial charge in [0.15, 0.2) is 0 Å². The third-order valence-electron chi connectivity index (χ3n) is 2.23. The zero-order valence-corrected chi connectivity index (χ0v) is 6.49. The second-order valence-electron chi connectivity index (χ2n) is 3.05. The van der Waals surface area contributed by atoms with Crippen molar-refractivity contribution in [3.8, 4) is 0 Å². The Kier molecular flexibility index (Phi) is 1.45. The summed E-state index contributed by atoms with van der Waals surface area (Å²) in [5, 5.41) is 3.97. The number of fused-ring (bicyclic) bond motifs is 2. The molecule has 0 unspecified atom stereocenters. The minimum atomic E-state index is -0.889. The summed E-state index contributed by atoms with van der Waals surface area (Å²) in [6.07, 6.45) is 0.00926. The van der Waals surface area contributed by atoms with Crippen LogP contribution in [0.25, 0.3) is 0 Å². The van der Waals surface area contributed by atoms with Crippen molar-refractivity contribution in [2.75, 3.05) is 0 Å². The van der Waals surface area contributed by atoms with Gasteiger partial charge in [0.25, 0.3) is 0 Å². The quantitative estimate of drug-likeness (QED) is 0.332. The molecule has 0 aliphatic carbocycles. The predicted octanol–water partition coefficient (Wildman–Crippen LogP) is -2.08. The first-order valence-electron chi connectivity index (χ1n) is 3.79. The summed E-state index contributed by atoms with van der Waals surface area (Å²) in [7, 11) is 0. The number of hydrogen-bond acceptors (Lipinski definition) is 4. The minimum absolute atomic E-state index is 0.00926.